The van der Waals surface area contributed by atoms with Gasteiger partial charge in [0.15, 0.2) is 0 Å². The van der Waals surface area contributed by atoms with Crippen molar-refractivity contribution >= 4 is 17.5 Å². The molecule has 0 saturated carbocycles. The molecular weight excluding hydrogens is 332 g/mol. The average Bonchev–Trinajstić information content (AvgIpc) is 3.05. The maximum absolute atomic E-state index is 12.1. The van der Waals surface area contributed by atoms with Crippen LogP contribution in [-0.4, -0.2) is 21.0 Å². The van der Waals surface area contributed by atoms with Crippen molar-refractivity contribution in [2.24, 2.45) is 0 Å². The second kappa shape index (κ2) is 6.67. The second-order valence-corrected chi connectivity index (χ2v) is 5.52. The lowest BCUT2D eigenvalue weighted by Gasteiger charge is -2.09. The highest BCUT2D eigenvalue weighted by atomic mass is 35.5. The molecule has 0 radical (unpaired) electrons. The van der Waals surface area contributed by atoms with Gasteiger partial charge in [0.2, 0.25) is 17.3 Å². The third kappa shape index (κ3) is 3.52. The van der Waals surface area contributed by atoms with Crippen molar-refractivity contribution < 1.29 is 9.32 Å². The van der Waals surface area contributed by atoms with Gasteiger partial charge in [0, 0.05) is 16.7 Å². The molecule has 0 saturated heterocycles. The highest BCUT2D eigenvalue weighted by Gasteiger charge is 2.18. The van der Waals surface area contributed by atoms with Gasteiger partial charge in [-0.05, 0) is 37.3 Å². The molecule has 1 amide bonds. The largest absolute Gasteiger partial charge is 0.339 e. The predicted octanol–water partition coefficient (Wildman–Crippen LogP) is 2.57. The van der Waals surface area contributed by atoms with Gasteiger partial charge in [-0.25, -0.2) is 0 Å². The van der Waals surface area contributed by atoms with Gasteiger partial charge in [0.1, 0.15) is 11.7 Å². The monoisotopic (exact) mass is 344 g/mol. The van der Waals surface area contributed by atoms with Crippen LogP contribution in [0.25, 0.3) is 11.4 Å². The van der Waals surface area contributed by atoms with Crippen LogP contribution in [0.5, 0.6) is 0 Å². The number of pyridine rings is 1. The number of hydrogen-bond acceptors (Lipinski definition) is 5. The minimum Gasteiger partial charge on any atom is -0.339 e. The summed E-state index contributed by atoms with van der Waals surface area (Å²) in [6.45, 7) is 1.71. The molecule has 0 aliphatic heterocycles. The van der Waals surface area contributed by atoms with E-state index in [9.17, 15) is 9.59 Å². The molecule has 0 aliphatic rings. The molecule has 122 valence electrons. The zero-order valence-electron chi connectivity index (χ0n) is 12.6. The molecule has 3 aromatic rings. The number of aromatic nitrogens is 3. The summed E-state index contributed by atoms with van der Waals surface area (Å²) in [5.74, 6) is 0.217. The van der Waals surface area contributed by atoms with Crippen LogP contribution in [0.15, 0.2) is 51.8 Å². The Morgan fingerprint density at radius 2 is 2.00 bits per heavy atom. The molecular formula is C16H13ClN4O3. The van der Waals surface area contributed by atoms with E-state index < -0.39 is 11.9 Å². The number of carbonyl (C=O) groups is 1. The van der Waals surface area contributed by atoms with E-state index in [1.807, 2.05) is 0 Å². The second-order valence-electron chi connectivity index (χ2n) is 5.09. The molecule has 24 heavy (non-hydrogen) atoms. The van der Waals surface area contributed by atoms with Gasteiger partial charge in [0.05, 0.1) is 0 Å². The van der Waals surface area contributed by atoms with Crippen LogP contribution in [0.3, 0.4) is 0 Å². The van der Waals surface area contributed by atoms with Gasteiger partial charge < -0.3 is 14.8 Å². The maximum atomic E-state index is 12.1. The number of carbonyl (C=O) groups excluding carboxylic acids is 1. The van der Waals surface area contributed by atoms with Crippen molar-refractivity contribution in [3.63, 3.8) is 0 Å². The number of H-pyrrole nitrogens is 1. The van der Waals surface area contributed by atoms with E-state index in [4.69, 9.17) is 16.1 Å². The van der Waals surface area contributed by atoms with Gasteiger partial charge >= 0.3 is 0 Å². The SMILES string of the molecule is CC(NC(=O)c1cccc(=O)[nH]1)c1nc(-c2ccc(Cl)cc2)no1. The predicted molar refractivity (Wildman–Crippen MR) is 87.7 cm³/mol. The normalized spacial score (nSPS) is 11.9. The van der Waals surface area contributed by atoms with Crippen LogP contribution in [0.1, 0.15) is 29.3 Å². The number of hydrogen-bond donors (Lipinski definition) is 2. The first kappa shape index (κ1) is 15.9. The molecule has 2 N–H and O–H groups in total. The van der Waals surface area contributed by atoms with Crippen LogP contribution in [0, 0.1) is 0 Å². The number of rotatable bonds is 4. The molecule has 2 aromatic heterocycles. The van der Waals surface area contributed by atoms with Crippen molar-refractivity contribution in [3.8, 4) is 11.4 Å². The fraction of sp³-hybridized carbons (Fsp3) is 0.125. The quantitative estimate of drug-likeness (QED) is 0.757. The van der Waals surface area contributed by atoms with E-state index in [1.165, 1.54) is 18.2 Å². The summed E-state index contributed by atoms with van der Waals surface area (Å²) >= 11 is 5.84. The summed E-state index contributed by atoms with van der Waals surface area (Å²) < 4.78 is 5.19. The first-order valence-corrected chi connectivity index (χ1v) is 7.50. The standard InChI is InChI=1S/C16H13ClN4O3/c1-9(18-15(23)12-3-2-4-13(22)19-12)16-20-14(21-24-16)10-5-7-11(17)8-6-10/h2-9H,1H3,(H,18,23)(H,19,22). The summed E-state index contributed by atoms with van der Waals surface area (Å²) in [4.78, 5) is 30.1. The van der Waals surface area contributed by atoms with E-state index in [0.717, 1.165) is 5.56 Å². The minimum absolute atomic E-state index is 0.159. The zero-order chi connectivity index (χ0) is 17.1. The summed E-state index contributed by atoms with van der Waals surface area (Å²) in [7, 11) is 0. The van der Waals surface area contributed by atoms with Gasteiger partial charge in [0.25, 0.3) is 5.91 Å². The van der Waals surface area contributed by atoms with Gasteiger partial charge in [-0.2, -0.15) is 4.98 Å². The molecule has 0 fully saturated rings. The molecule has 0 spiro atoms. The van der Waals surface area contributed by atoms with Crippen LogP contribution in [0.2, 0.25) is 5.02 Å². The minimum atomic E-state index is -0.519. The Balaban J connectivity index is 1.74. The lowest BCUT2D eigenvalue weighted by Crippen LogP contribution is -2.29. The first-order valence-electron chi connectivity index (χ1n) is 7.12. The van der Waals surface area contributed by atoms with Crippen molar-refractivity contribution in [2.75, 3.05) is 0 Å². The summed E-state index contributed by atoms with van der Waals surface area (Å²) in [6.07, 6.45) is 0. The topological polar surface area (TPSA) is 101 Å². The molecule has 1 atom stereocenters. The summed E-state index contributed by atoms with van der Waals surface area (Å²) in [5.41, 5.74) is 0.560. The highest BCUT2D eigenvalue weighted by Crippen LogP contribution is 2.20. The van der Waals surface area contributed by atoms with Crippen molar-refractivity contribution in [1.29, 1.82) is 0 Å². The third-order valence-corrected chi connectivity index (χ3v) is 3.53. The Labute approximate surface area is 141 Å². The molecule has 7 nitrogen and oxygen atoms in total. The molecule has 8 heteroatoms. The van der Waals surface area contributed by atoms with Crippen LogP contribution in [-0.2, 0) is 0 Å². The average molecular weight is 345 g/mol. The van der Waals surface area contributed by atoms with Crippen molar-refractivity contribution in [2.45, 2.75) is 13.0 Å². The van der Waals surface area contributed by atoms with E-state index in [-0.39, 0.29) is 17.1 Å². The van der Waals surface area contributed by atoms with Gasteiger partial charge in [-0.3, -0.25) is 9.59 Å². The first-order chi connectivity index (χ1) is 11.5. The lowest BCUT2D eigenvalue weighted by molar-refractivity contribution is 0.0927. The zero-order valence-corrected chi connectivity index (χ0v) is 13.4. The number of nitrogens with zero attached hydrogens (tertiary/aromatic N) is 2. The summed E-state index contributed by atoms with van der Waals surface area (Å²) in [5, 5.41) is 7.19. The van der Waals surface area contributed by atoms with E-state index >= 15 is 0 Å². The van der Waals surface area contributed by atoms with Crippen LogP contribution in [0.4, 0.5) is 0 Å². The Morgan fingerprint density at radius 3 is 2.71 bits per heavy atom. The Hall–Kier alpha value is -2.93. The Kier molecular flexibility index (Phi) is 4.43. The molecule has 0 bridgehead atoms. The van der Waals surface area contributed by atoms with Crippen molar-refractivity contribution in [3.05, 3.63) is 69.4 Å². The van der Waals surface area contributed by atoms with Gasteiger partial charge in [-0.15, -0.1) is 0 Å². The van der Waals surface area contributed by atoms with Crippen molar-refractivity contribution in [1.82, 2.24) is 20.4 Å². The number of amides is 1. The maximum Gasteiger partial charge on any atom is 0.268 e. The fourth-order valence-electron chi connectivity index (χ4n) is 2.04. The number of benzene rings is 1. The molecule has 3 rings (SSSR count). The molecule has 1 unspecified atom stereocenters. The smallest absolute Gasteiger partial charge is 0.268 e. The number of nitrogens with one attached hydrogen (secondary N) is 2. The number of halogens is 1. The molecule has 1 aromatic carbocycles. The fourth-order valence-corrected chi connectivity index (χ4v) is 2.17. The third-order valence-electron chi connectivity index (χ3n) is 3.28. The molecule has 0 aliphatic carbocycles. The Morgan fingerprint density at radius 1 is 1.25 bits per heavy atom. The van der Waals surface area contributed by atoms with Crippen LogP contribution < -0.4 is 10.9 Å². The van der Waals surface area contributed by atoms with E-state index in [1.54, 1.807) is 31.2 Å². The van der Waals surface area contributed by atoms with E-state index in [2.05, 4.69) is 20.4 Å². The number of aromatic amines is 1. The molecule has 2 heterocycles. The van der Waals surface area contributed by atoms with E-state index in [0.29, 0.717) is 10.8 Å². The Bertz CT molecular complexity index is 917. The summed E-state index contributed by atoms with van der Waals surface area (Å²) in [6, 6.07) is 10.8. The highest BCUT2D eigenvalue weighted by molar-refractivity contribution is 6.30. The van der Waals surface area contributed by atoms with Crippen LogP contribution >= 0.6 is 11.6 Å². The lowest BCUT2D eigenvalue weighted by atomic mass is 10.2. The van der Waals surface area contributed by atoms with Gasteiger partial charge in [-0.1, -0.05) is 22.8 Å².